The van der Waals surface area contributed by atoms with Crippen molar-refractivity contribution in [1.82, 2.24) is 10.2 Å². The number of aryl methyl sites for hydroxylation is 2. The van der Waals surface area contributed by atoms with E-state index in [1.165, 1.54) is 16.0 Å². The van der Waals surface area contributed by atoms with E-state index in [9.17, 15) is 4.79 Å². The van der Waals surface area contributed by atoms with Gasteiger partial charge in [-0.1, -0.05) is 25.1 Å². The summed E-state index contributed by atoms with van der Waals surface area (Å²) in [4.78, 5) is 18.5. The van der Waals surface area contributed by atoms with Crippen LogP contribution in [0.1, 0.15) is 66.8 Å². The minimum Gasteiger partial charge on any atom is -0.480 e. The monoisotopic (exact) mass is 494 g/mol. The van der Waals surface area contributed by atoms with Crippen molar-refractivity contribution in [1.29, 1.82) is 0 Å². The first-order chi connectivity index (χ1) is 17.0. The summed E-state index contributed by atoms with van der Waals surface area (Å²) in [5.74, 6) is 1.59. The Bertz CT molecular complexity index is 1080. The zero-order chi connectivity index (χ0) is 24.0. The molecule has 1 saturated heterocycles. The lowest BCUT2D eigenvalue weighted by molar-refractivity contribution is -0.130. The molecule has 4 heterocycles. The Balaban J connectivity index is 0.985. The molecule has 188 valence electrons. The SMILES string of the molecule is CCc1cc2c(s1)CCO[C@@]21CCN(CC2CC(NC(=O)C3CCc4ccccc4O3)C2)[C@H](C)C1. The maximum absolute atomic E-state index is 12.8. The summed E-state index contributed by atoms with van der Waals surface area (Å²) in [5, 5.41) is 3.26. The third-order valence-corrected chi connectivity index (χ3v) is 10.1. The fourth-order valence-electron chi connectivity index (χ4n) is 6.68. The average Bonchev–Trinajstić information content (AvgIpc) is 3.29. The molecule has 1 unspecified atom stereocenters. The number of carbonyl (C=O) groups is 1. The van der Waals surface area contributed by atoms with E-state index in [1.807, 2.05) is 29.5 Å². The van der Waals surface area contributed by atoms with E-state index in [4.69, 9.17) is 9.47 Å². The Morgan fingerprint density at radius 3 is 2.94 bits per heavy atom. The Kier molecular flexibility index (Phi) is 6.40. The number of carbonyl (C=O) groups excluding carboxylic acids is 1. The maximum Gasteiger partial charge on any atom is 0.261 e. The summed E-state index contributed by atoms with van der Waals surface area (Å²) in [5.41, 5.74) is 2.63. The second kappa shape index (κ2) is 9.53. The van der Waals surface area contributed by atoms with Gasteiger partial charge in [-0.25, -0.2) is 0 Å². The number of ether oxygens (including phenoxy) is 2. The quantitative estimate of drug-likeness (QED) is 0.646. The third kappa shape index (κ3) is 4.54. The minimum atomic E-state index is -0.354. The molecule has 1 N–H and O–H groups in total. The Hall–Kier alpha value is -1.89. The van der Waals surface area contributed by atoms with Crippen molar-refractivity contribution < 1.29 is 14.3 Å². The zero-order valence-electron chi connectivity index (χ0n) is 21.1. The molecule has 0 bridgehead atoms. The lowest BCUT2D eigenvalue weighted by atomic mass is 9.76. The number of nitrogens with zero attached hydrogens (tertiary/aromatic N) is 1. The molecule has 6 rings (SSSR count). The van der Waals surface area contributed by atoms with Gasteiger partial charge in [0.25, 0.3) is 5.91 Å². The van der Waals surface area contributed by atoms with Crippen molar-refractivity contribution in [3.63, 3.8) is 0 Å². The topological polar surface area (TPSA) is 50.8 Å². The van der Waals surface area contributed by atoms with Gasteiger partial charge in [0.1, 0.15) is 5.75 Å². The second-order valence-corrected chi connectivity index (χ2v) is 12.3. The fraction of sp³-hybridized carbons (Fsp3) is 0.621. The zero-order valence-corrected chi connectivity index (χ0v) is 21.9. The van der Waals surface area contributed by atoms with Gasteiger partial charge < -0.3 is 19.7 Å². The molecule has 1 aliphatic carbocycles. The van der Waals surface area contributed by atoms with Crippen LogP contribution in [0.5, 0.6) is 5.75 Å². The van der Waals surface area contributed by atoms with E-state index < -0.39 is 0 Å². The number of amides is 1. The van der Waals surface area contributed by atoms with Crippen molar-refractivity contribution >= 4 is 17.2 Å². The molecule has 1 spiro atoms. The van der Waals surface area contributed by atoms with Crippen molar-refractivity contribution in [2.45, 2.75) is 89.0 Å². The summed E-state index contributed by atoms with van der Waals surface area (Å²) < 4.78 is 12.5. The van der Waals surface area contributed by atoms with Gasteiger partial charge in [0.2, 0.25) is 0 Å². The highest BCUT2D eigenvalue weighted by Crippen LogP contribution is 2.46. The number of likely N-dealkylation sites (tertiary alicyclic amines) is 1. The van der Waals surface area contributed by atoms with E-state index in [0.717, 1.165) is 76.8 Å². The van der Waals surface area contributed by atoms with E-state index in [-0.39, 0.29) is 17.6 Å². The molecule has 1 amide bonds. The van der Waals surface area contributed by atoms with Crippen LogP contribution in [0.4, 0.5) is 0 Å². The highest BCUT2D eigenvalue weighted by atomic mass is 32.1. The summed E-state index contributed by atoms with van der Waals surface area (Å²) in [6, 6.07) is 11.3. The van der Waals surface area contributed by atoms with Gasteiger partial charge in [-0.3, -0.25) is 4.79 Å². The first kappa shape index (κ1) is 23.5. The number of benzene rings is 1. The van der Waals surface area contributed by atoms with Crippen molar-refractivity contribution in [3.05, 3.63) is 51.2 Å². The fourth-order valence-corrected chi connectivity index (χ4v) is 7.86. The lowest BCUT2D eigenvalue weighted by Crippen LogP contribution is -2.55. The third-order valence-electron chi connectivity index (χ3n) is 8.74. The van der Waals surface area contributed by atoms with Crippen LogP contribution >= 0.6 is 11.3 Å². The average molecular weight is 495 g/mol. The molecule has 6 heteroatoms. The molecule has 35 heavy (non-hydrogen) atoms. The van der Waals surface area contributed by atoms with E-state index in [0.29, 0.717) is 18.0 Å². The lowest BCUT2D eigenvalue weighted by Gasteiger charge is -2.49. The van der Waals surface area contributed by atoms with E-state index in [2.05, 4.69) is 36.2 Å². The minimum absolute atomic E-state index is 0.0590. The number of thiophene rings is 1. The van der Waals surface area contributed by atoms with Crippen LogP contribution in [-0.2, 0) is 34.4 Å². The van der Waals surface area contributed by atoms with Gasteiger partial charge in [0.15, 0.2) is 6.10 Å². The van der Waals surface area contributed by atoms with Gasteiger partial charge in [-0.05, 0) is 81.0 Å². The highest BCUT2D eigenvalue weighted by Gasteiger charge is 2.45. The smallest absolute Gasteiger partial charge is 0.261 e. The van der Waals surface area contributed by atoms with E-state index in [1.54, 1.807) is 4.88 Å². The molecular formula is C29H38N2O3S. The summed E-state index contributed by atoms with van der Waals surface area (Å²) in [7, 11) is 0. The number of nitrogens with one attached hydrogen (secondary N) is 1. The van der Waals surface area contributed by atoms with Crippen LogP contribution < -0.4 is 10.1 Å². The molecule has 5 nitrogen and oxygen atoms in total. The molecule has 4 aliphatic rings. The van der Waals surface area contributed by atoms with Gasteiger partial charge in [-0.2, -0.15) is 0 Å². The van der Waals surface area contributed by atoms with Crippen LogP contribution in [0, 0.1) is 5.92 Å². The number of para-hydroxylation sites is 1. The number of fused-ring (bicyclic) bond motifs is 3. The maximum atomic E-state index is 12.8. The molecule has 3 atom stereocenters. The van der Waals surface area contributed by atoms with Gasteiger partial charge >= 0.3 is 0 Å². The highest BCUT2D eigenvalue weighted by molar-refractivity contribution is 7.12. The van der Waals surface area contributed by atoms with Gasteiger partial charge in [0.05, 0.1) is 12.2 Å². The summed E-state index contributed by atoms with van der Waals surface area (Å²) >= 11 is 2.00. The molecule has 1 aromatic carbocycles. The summed E-state index contributed by atoms with van der Waals surface area (Å²) in [6.07, 6.45) is 7.86. The Morgan fingerprint density at radius 1 is 1.26 bits per heavy atom. The predicted octanol–water partition coefficient (Wildman–Crippen LogP) is 4.85. The molecular weight excluding hydrogens is 456 g/mol. The number of piperidine rings is 1. The largest absolute Gasteiger partial charge is 0.480 e. The van der Waals surface area contributed by atoms with Gasteiger partial charge in [-0.15, -0.1) is 11.3 Å². The first-order valence-corrected chi connectivity index (χ1v) is 14.4. The molecule has 1 saturated carbocycles. The number of hydrogen-bond acceptors (Lipinski definition) is 5. The molecule has 2 fully saturated rings. The molecule has 0 radical (unpaired) electrons. The van der Waals surface area contributed by atoms with Crippen LogP contribution in [0.25, 0.3) is 0 Å². The standard InChI is InChI=1S/C29H38N2O3S/c1-3-23-16-24-27(35-23)10-13-33-29(24)11-12-31(19(2)17-29)18-20-14-22(15-20)30-28(32)26-9-8-21-6-4-5-7-25(21)34-26/h4-7,16,19-20,22,26H,3,8-15,17-18H2,1-2H3,(H,30,32)/t19-,20?,22?,26?,29-/m1/s1. The predicted molar refractivity (Wildman–Crippen MR) is 139 cm³/mol. The first-order valence-electron chi connectivity index (χ1n) is 13.6. The van der Waals surface area contributed by atoms with Crippen LogP contribution in [0.2, 0.25) is 0 Å². The van der Waals surface area contributed by atoms with Crippen molar-refractivity contribution in [2.24, 2.45) is 5.92 Å². The normalized spacial score (nSPS) is 32.3. The second-order valence-electron chi connectivity index (χ2n) is 11.1. The number of hydrogen-bond donors (Lipinski definition) is 1. The van der Waals surface area contributed by atoms with Gasteiger partial charge in [0, 0.05) is 41.3 Å². The Morgan fingerprint density at radius 2 is 2.11 bits per heavy atom. The molecule has 1 aromatic heterocycles. The molecule has 2 aromatic rings. The Labute approximate surface area is 213 Å². The van der Waals surface area contributed by atoms with Crippen LogP contribution in [0.15, 0.2) is 30.3 Å². The van der Waals surface area contributed by atoms with E-state index >= 15 is 0 Å². The molecule has 3 aliphatic heterocycles. The van der Waals surface area contributed by atoms with Crippen molar-refractivity contribution in [2.75, 3.05) is 19.7 Å². The van der Waals surface area contributed by atoms with Crippen LogP contribution in [-0.4, -0.2) is 48.7 Å². The number of rotatable bonds is 5. The van der Waals surface area contributed by atoms with Crippen molar-refractivity contribution in [3.8, 4) is 5.75 Å². The van der Waals surface area contributed by atoms with Crippen LogP contribution in [0.3, 0.4) is 0 Å². The summed E-state index contributed by atoms with van der Waals surface area (Å²) in [6.45, 7) is 7.73.